The van der Waals surface area contributed by atoms with Crippen LogP contribution in [0.4, 0.5) is 5.69 Å². The Bertz CT molecular complexity index is 430. The number of halogens is 1. The van der Waals surface area contributed by atoms with Crippen LogP contribution < -0.4 is 10.6 Å². The lowest BCUT2D eigenvalue weighted by Crippen LogP contribution is -2.44. The van der Waals surface area contributed by atoms with Crippen molar-refractivity contribution in [2.45, 2.75) is 26.2 Å². The van der Waals surface area contributed by atoms with Crippen molar-refractivity contribution in [1.29, 1.82) is 0 Å². The number of rotatable bonds is 3. The molecule has 0 aromatic carbocycles. The van der Waals surface area contributed by atoms with E-state index in [0.29, 0.717) is 0 Å². The van der Waals surface area contributed by atoms with E-state index in [4.69, 9.17) is 0 Å². The largest absolute Gasteiger partial charge is 0.324 e. The fourth-order valence-corrected chi connectivity index (χ4v) is 2.73. The Hall–Kier alpha value is -0.940. The molecule has 98 valence electrons. The Balaban J connectivity index is 2.13. The van der Waals surface area contributed by atoms with Crippen molar-refractivity contribution in [2.75, 3.05) is 18.4 Å². The van der Waals surface area contributed by atoms with Crippen LogP contribution in [0.1, 0.15) is 26.2 Å². The van der Waals surface area contributed by atoms with Crippen molar-refractivity contribution < 1.29 is 4.79 Å². The van der Waals surface area contributed by atoms with Crippen molar-refractivity contribution in [1.82, 2.24) is 10.3 Å². The molecule has 1 saturated heterocycles. The maximum Gasteiger partial charge on any atom is 0.230 e. The van der Waals surface area contributed by atoms with Crippen molar-refractivity contribution in [3.05, 3.63) is 22.9 Å². The smallest absolute Gasteiger partial charge is 0.230 e. The van der Waals surface area contributed by atoms with Gasteiger partial charge in [0, 0.05) is 12.4 Å². The summed E-state index contributed by atoms with van der Waals surface area (Å²) in [5, 5.41) is 6.32. The van der Waals surface area contributed by atoms with E-state index in [2.05, 4.69) is 38.5 Å². The molecular weight excluding hydrogens is 294 g/mol. The minimum Gasteiger partial charge on any atom is -0.324 e. The van der Waals surface area contributed by atoms with Crippen molar-refractivity contribution in [2.24, 2.45) is 5.41 Å². The van der Waals surface area contributed by atoms with Gasteiger partial charge in [-0.15, -0.1) is 0 Å². The van der Waals surface area contributed by atoms with Crippen molar-refractivity contribution in [3.8, 4) is 0 Å². The van der Waals surface area contributed by atoms with Gasteiger partial charge in [0.15, 0.2) is 0 Å². The van der Waals surface area contributed by atoms with Gasteiger partial charge in [-0.3, -0.25) is 9.78 Å². The quantitative estimate of drug-likeness (QED) is 0.902. The maximum absolute atomic E-state index is 12.5. The zero-order chi connectivity index (χ0) is 13.0. The summed E-state index contributed by atoms with van der Waals surface area (Å²) < 4.78 is 0.818. The summed E-state index contributed by atoms with van der Waals surface area (Å²) in [5.41, 5.74) is 0.565. The summed E-state index contributed by atoms with van der Waals surface area (Å²) in [5.74, 6) is 0.124. The number of hydrogen-bond donors (Lipinski definition) is 2. The van der Waals surface area contributed by atoms with Crippen LogP contribution in [-0.4, -0.2) is 24.0 Å². The molecule has 1 aliphatic rings. The van der Waals surface area contributed by atoms with Crippen LogP contribution in [0.15, 0.2) is 22.9 Å². The highest BCUT2D eigenvalue weighted by molar-refractivity contribution is 9.10. The van der Waals surface area contributed by atoms with Gasteiger partial charge in [0.2, 0.25) is 5.91 Å². The summed E-state index contributed by atoms with van der Waals surface area (Å²) in [7, 11) is 0. The third-order valence-electron chi connectivity index (χ3n) is 3.74. The van der Waals surface area contributed by atoms with Gasteiger partial charge < -0.3 is 10.6 Å². The van der Waals surface area contributed by atoms with E-state index >= 15 is 0 Å². The molecule has 0 aliphatic carbocycles. The Kier molecular flexibility index (Phi) is 4.35. The fourth-order valence-electron chi connectivity index (χ4n) is 2.38. The second-order valence-corrected chi connectivity index (χ2v) is 5.55. The SMILES string of the molecule is CCC1(C(=O)Nc2ccncc2Br)CCNCC1. The van der Waals surface area contributed by atoms with Crippen LogP contribution >= 0.6 is 15.9 Å². The number of nitrogens with one attached hydrogen (secondary N) is 2. The molecule has 1 fully saturated rings. The average molecular weight is 312 g/mol. The molecule has 1 aromatic rings. The zero-order valence-corrected chi connectivity index (χ0v) is 12.1. The lowest BCUT2D eigenvalue weighted by molar-refractivity contribution is -0.127. The van der Waals surface area contributed by atoms with E-state index in [1.165, 1.54) is 0 Å². The fraction of sp³-hybridized carbons (Fsp3) is 0.538. The topological polar surface area (TPSA) is 54.0 Å². The Morgan fingerprint density at radius 1 is 1.56 bits per heavy atom. The highest BCUT2D eigenvalue weighted by Crippen LogP contribution is 2.34. The molecule has 0 spiro atoms. The maximum atomic E-state index is 12.5. The first-order valence-corrected chi connectivity index (χ1v) is 7.09. The number of amides is 1. The van der Waals surface area contributed by atoms with E-state index in [1.54, 1.807) is 12.4 Å². The predicted molar refractivity (Wildman–Crippen MR) is 75.4 cm³/mol. The summed E-state index contributed by atoms with van der Waals surface area (Å²) in [6, 6.07) is 1.81. The Morgan fingerprint density at radius 2 is 2.28 bits per heavy atom. The van der Waals surface area contributed by atoms with Gasteiger partial charge in [-0.25, -0.2) is 0 Å². The molecule has 0 radical (unpaired) electrons. The summed E-state index contributed by atoms with van der Waals surface area (Å²) in [6.45, 7) is 3.92. The molecular formula is C13H18BrN3O. The standard InChI is InChI=1S/C13H18BrN3O/c1-2-13(4-7-15-8-5-13)12(18)17-11-3-6-16-9-10(11)14/h3,6,9,15H,2,4-5,7-8H2,1H3,(H,16,17,18). The van der Waals surface area contributed by atoms with Crippen LogP contribution in [-0.2, 0) is 4.79 Å². The van der Waals surface area contributed by atoms with Crippen LogP contribution in [0.5, 0.6) is 0 Å². The molecule has 0 atom stereocenters. The first kappa shape index (κ1) is 13.5. The molecule has 0 bridgehead atoms. The Labute approximate surface area is 116 Å². The van der Waals surface area contributed by atoms with Gasteiger partial charge in [0.05, 0.1) is 15.6 Å². The highest BCUT2D eigenvalue weighted by atomic mass is 79.9. The van der Waals surface area contributed by atoms with E-state index in [1.807, 2.05) is 6.07 Å². The van der Waals surface area contributed by atoms with Gasteiger partial charge in [-0.1, -0.05) is 6.92 Å². The second kappa shape index (κ2) is 5.80. The number of piperidine rings is 1. The molecule has 5 heteroatoms. The summed E-state index contributed by atoms with van der Waals surface area (Å²) in [6.07, 6.45) is 6.05. The number of carbonyl (C=O) groups excluding carboxylic acids is 1. The monoisotopic (exact) mass is 311 g/mol. The number of hydrogen-bond acceptors (Lipinski definition) is 3. The first-order valence-electron chi connectivity index (χ1n) is 6.30. The lowest BCUT2D eigenvalue weighted by atomic mass is 9.76. The van der Waals surface area contributed by atoms with E-state index < -0.39 is 0 Å². The van der Waals surface area contributed by atoms with Gasteiger partial charge >= 0.3 is 0 Å². The van der Waals surface area contributed by atoms with Crippen LogP contribution in [0.2, 0.25) is 0 Å². The highest BCUT2D eigenvalue weighted by Gasteiger charge is 2.37. The van der Waals surface area contributed by atoms with Gasteiger partial charge in [0.1, 0.15) is 0 Å². The average Bonchev–Trinajstić information content (AvgIpc) is 2.42. The van der Waals surface area contributed by atoms with Gasteiger partial charge in [-0.05, 0) is 54.3 Å². The minimum absolute atomic E-state index is 0.124. The number of pyridine rings is 1. The summed E-state index contributed by atoms with van der Waals surface area (Å²) in [4.78, 5) is 16.5. The normalized spacial score (nSPS) is 18.3. The van der Waals surface area contributed by atoms with Gasteiger partial charge in [-0.2, -0.15) is 0 Å². The van der Waals surface area contributed by atoms with E-state index in [9.17, 15) is 4.79 Å². The minimum atomic E-state index is -0.228. The molecule has 0 unspecified atom stereocenters. The van der Waals surface area contributed by atoms with Crippen LogP contribution in [0, 0.1) is 5.41 Å². The van der Waals surface area contributed by atoms with E-state index in [-0.39, 0.29) is 11.3 Å². The first-order chi connectivity index (χ1) is 8.68. The molecule has 2 heterocycles. The van der Waals surface area contributed by atoms with Crippen molar-refractivity contribution in [3.63, 3.8) is 0 Å². The van der Waals surface area contributed by atoms with Gasteiger partial charge in [0.25, 0.3) is 0 Å². The van der Waals surface area contributed by atoms with Crippen molar-refractivity contribution >= 4 is 27.5 Å². The molecule has 4 nitrogen and oxygen atoms in total. The van der Waals surface area contributed by atoms with Crippen LogP contribution in [0.25, 0.3) is 0 Å². The Morgan fingerprint density at radius 3 is 2.89 bits per heavy atom. The second-order valence-electron chi connectivity index (χ2n) is 4.69. The molecule has 1 aromatic heterocycles. The third kappa shape index (κ3) is 2.72. The molecule has 2 N–H and O–H groups in total. The summed E-state index contributed by atoms with van der Waals surface area (Å²) >= 11 is 3.40. The molecule has 1 amide bonds. The number of nitrogens with zero attached hydrogens (tertiary/aromatic N) is 1. The zero-order valence-electron chi connectivity index (χ0n) is 10.5. The predicted octanol–water partition coefficient (Wildman–Crippen LogP) is 2.56. The number of anilines is 1. The molecule has 1 aliphatic heterocycles. The molecule has 2 rings (SSSR count). The molecule has 18 heavy (non-hydrogen) atoms. The third-order valence-corrected chi connectivity index (χ3v) is 4.37. The van der Waals surface area contributed by atoms with E-state index in [0.717, 1.165) is 42.5 Å². The number of carbonyl (C=O) groups is 1. The number of aromatic nitrogens is 1. The van der Waals surface area contributed by atoms with Crippen LogP contribution in [0.3, 0.4) is 0 Å². The lowest BCUT2D eigenvalue weighted by Gasteiger charge is -2.35. The molecule has 0 saturated carbocycles.